The molecule has 0 saturated heterocycles. The van der Waals surface area contributed by atoms with E-state index in [4.69, 9.17) is 9.47 Å². The first-order chi connectivity index (χ1) is 15.6. The Labute approximate surface area is 187 Å². The zero-order chi connectivity index (χ0) is 22.5. The van der Waals surface area contributed by atoms with E-state index in [0.717, 1.165) is 42.5 Å². The highest BCUT2D eigenvalue weighted by Crippen LogP contribution is 2.37. The van der Waals surface area contributed by atoms with E-state index >= 15 is 0 Å². The van der Waals surface area contributed by atoms with Gasteiger partial charge in [-0.1, -0.05) is 6.42 Å². The summed E-state index contributed by atoms with van der Waals surface area (Å²) in [5.74, 6) is -1.64. The molecule has 0 spiro atoms. The summed E-state index contributed by atoms with van der Waals surface area (Å²) in [7, 11) is 1.32. The molecule has 0 radical (unpaired) electrons. The van der Waals surface area contributed by atoms with E-state index in [1.165, 1.54) is 29.5 Å². The molecule has 32 heavy (non-hydrogen) atoms. The second kappa shape index (κ2) is 9.69. The Morgan fingerprint density at radius 2 is 1.88 bits per heavy atom. The van der Waals surface area contributed by atoms with E-state index in [-0.39, 0.29) is 5.56 Å². The van der Waals surface area contributed by atoms with E-state index in [9.17, 15) is 14.4 Å². The van der Waals surface area contributed by atoms with Gasteiger partial charge in [-0.2, -0.15) is 0 Å². The van der Waals surface area contributed by atoms with Crippen molar-refractivity contribution < 1.29 is 23.9 Å². The fraction of sp³-hybridized carbons (Fsp3) is 0.333. The third-order valence-corrected chi connectivity index (χ3v) is 6.32. The van der Waals surface area contributed by atoms with Gasteiger partial charge >= 0.3 is 11.9 Å². The van der Waals surface area contributed by atoms with Gasteiger partial charge < -0.3 is 14.8 Å². The van der Waals surface area contributed by atoms with Crippen LogP contribution >= 0.6 is 11.3 Å². The van der Waals surface area contributed by atoms with Gasteiger partial charge in [-0.15, -0.1) is 16.4 Å². The molecule has 0 fully saturated rings. The van der Waals surface area contributed by atoms with Crippen LogP contribution in [0.5, 0.6) is 0 Å². The van der Waals surface area contributed by atoms with Crippen LogP contribution in [0.25, 0.3) is 5.69 Å². The third kappa shape index (κ3) is 4.67. The summed E-state index contributed by atoms with van der Waals surface area (Å²) in [6.45, 7) is -0.475. The number of carbonyl (C=O) groups excluding carboxylic acids is 3. The van der Waals surface area contributed by atoms with Crippen molar-refractivity contribution in [1.29, 1.82) is 0 Å². The first-order valence-corrected chi connectivity index (χ1v) is 10.9. The van der Waals surface area contributed by atoms with Crippen molar-refractivity contribution in [3.8, 4) is 5.69 Å². The van der Waals surface area contributed by atoms with Crippen molar-refractivity contribution in [3.63, 3.8) is 0 Å². The van der Waals surface area contributed by atoms with Crippen LogP contribution in [0.4, 0.5) is 5.00 Å². The lowest BCUT2D eigenvalue weighted by molar-refractivity contribution is -0.119. The molecule has 1 aliphatic carbocycles. The van der Waals surface area contributed by atoms with Crippen LogP contribution in [0.3, 0.4) is 0 Å². The van der Waals surface area contributed by atoms with Gasteiger partial charge in [0.05, 0.1) is 23.9 Å². The van der Waals surface area contributed by atoms with Gasteiger partial charge in [0.2, 0.25) is 0 Å². The van der Waals surface area contributed by atoms with Gasteiger partial charge in [0.1, 0.15) is 11.3 Å². The molecule has 0 aliphatic heterocycles. The second-order valence-corrected chi connectivity index (χ2v) is 8.29. The number of hydrogen-bond acceptors (Lipinski definition) is 9. The van der Waals surface area contributed by atoms with Crippen molar-refractivity contribution >= 4 is 34.2 Å². The summed E-state index contributed by atoms with van der Waals surface area (Å²) in [5, 5.41) is 14.0. The SMILES string of the molecule is COC(=O)c1c(NC(=O)COC(=O)c2ccc(-n3cnnn3)cc2)sc2c1CCCCC2. The lowest BCUT2D eigenvalue weighted by Crippen LogP contribution is -2.21. The molecule has 166 valence electrons. The van der Waals surface area contributed by atoms with Gasteiger partial charge in [-0.3, -0.25) is 4.79 Å². The lowest BCUT2D eigenvalue weighted by Gasteiger charge is -2.08. The summed E-state index contributed by atoms with van der Waals surface area (Å²) in [6.07, 6.45) is 6.23. The summed E-state index contributed by atoms with van der Waals surface area (Å²) >= 11 is 1.39. The van der Waals surface area contributed by atoms with Crippen LogP contribution in [-0.2, 0) is 27.1 Å². The summed E-state index contributed by atoms with van der Waals surface area (Å²) in [4.78, 5) is 38.2. The lowest BCUT2D eigenvalue weighted by atomic mass is 10.1. The van der Waals surface area contributed by atoms with Crippen molar-refractivity contribution in [2.45, 2.75) is 32.1 Å². The Hall–Kier alpha value is -3.60. The molecule has 2 heterocycles. The predicted molar refractivity (Wildman–Crippen MR) is 115 cm³/mol. The number of hydrogen-bond donors (Lipinski definition) is 1. The van der Waals surface area contributed by atoms with E-state index < -0.39 is 24.5 Å². The Bertz CT molecular complexity index is 1120. The predicted octanol–water partition coefficient (Wildman–Crippen LogP) is 2.57. The van der Waals surface area contributed by atoms with E-state index in [1.54, 1.807) is 24.3 Å². The molecule has 1 N–H and O–H groups in total. The number of nitrogens with one attached hydrogen (secondary N) is 1. The number of aromatic nitrogens is 4. The average molecular weight is 455 g/mol. The van der Waals surface area contributed by atoms with Gasteiger partial charge in [-0.05, 0) is 65.9 Å². The molecule has 1 aromatic carbocycles. The number of amides is 1. The number of carbonyl (C=O) groups is 3. The molecule has 10 nitrogen and oxygen atoms in total. The minimum Gasteiger partial charge on any atom is -0.465 e. The molecular weight excluding hydrogens is 434 g/mol. The molecule has 0 bridgehead atoms. The second-order valence-electron chi connectivity index (χ2n) is 7.19. The molecule has 0 unspecified atom stereocenters. The standard InChI is InChI=1S/C21H21N5O5S/c1-30-21(29)18-15-5-3-2-4-6-16(15)32-19(18)23-17(27)11-31-20(28)13-7-9-14(10-8-13)26-12-22-24-25-26/h7-10,12H,2-6,11H2,1H3,(H,23,27). The number of thiophene rings is 1. The number of tetrazole rings is 1. The maximum Gasteiger partial charge on any atom is 0.341 e. The number of ether oxygens (including phenoxy) is 2. The third-order valence-electron chi connectivity index (χ3n) is 5.11. The van der Waals surface area contributed by atoms with Crippen LogP contribution in [0.15, 0.2) is 30.6 Å². The van der Waals surface area contributed by atoms with Crippen LogP contribution in [-0.4, -0.2) is 51.8 Å². The average Bonchev–Trinajstić information content (AvgIpc) is 3.40. The van der Waals surface area contributed by atoms with Crippen LogP contribution in [0, 0.1) is 0 Å². The number of esters is 2. The summed E-state index contributed by atoms with van der Waals surface area (Å²) < 4.78 is 11.5. The van der Waals surface area contributed by atoms with Crippen molar-refractivity contribution in [2.75, 3.05) is 19.0 Å². The van der Waals surface area contributed by atoms with Crippen molar-refractivity contribution in [2.24, 2.45) is 0 Å². The fourth-order valence-electron chi connectivity index (χ4n) is 3.56. The number of rotatable bonds is 6. The van der Waals surface area contributed by atoms with Crippen LogP contribution < -0.4 is 5.32 Å². The quantitative estimate of drug-likeness (QED) is 0.444. The highest BCUT2D eigenvalue weighted by Gasteiger charge is 2.26. The van der Waals surface area contributed by atoms with Crippen LogP contribution in [0.1, 0.15) is 50.4 Å². The Balaban J connectivity index is 1.40. The van der Waals surface area contributed by atoms with E-state index in [1.807, 2.05) is 0 Å². The normalized spacial score (nSPS) is 13.0. The number of aryl methyl sites for hydroxylation is 1. The maximum atomic E-state index is 12.4. The van der Waals surface area contributed by atoms with E-state index in [2.05, 4.69) is 20.8 Å². The maximum absolute atomic E-state index is 12.4. The van der Waals surface area contributed by atoms with Crippen molar-refractivity contribution in [3.05, 3.63) is 52.2 Å². The smallest absolute Gasteiger partial charge is 0.341 e. The first kappa shape index (κ1) is 21.6. The molecule has 1 aliphatic rings. The number of nitrogens with zero attached hydrogens (tertiary/aromatic N) is 4. The van der Waals surface area contributed by atoms with Gasteiger partial charge in [-0.25, -0.2) is 14.3 Å². The monoisotopic (exact) mass is 455 g/mol. The summed E-state index contributed by atoms with van der Waals surface area (Å²) in [6, 6.07) is 6.44. The molecular formula is C21H21N5O5S. The minimum atomic E-state index is -0.640. The molecule has 11 heteroatoms. The molecule has 1 amide bonds. The van der Waals surface area contributed by atoms with Crippen LogP contribution in [0.2, 0.25) is 0 Å². The molecule has 0 atom stereocenters. The Morgan fingerprint density at radius 1 is 1.09 bits per heavy atom. The largest absolute Gasteiger partial charge is 0.465 e. The topological polar surface area (TPSA) is 125 Å². The highest BCUT2D eigenvalue weighted by atomic mass is 32.1. The fourth-order valence-corrected chi connectivity index (χ4v) is 4.85. The van der Waals surface area contributed by atoms with Gasteiger partial charge in [0.25, 0.3) is 5.91 Å². The van der Waals surface area contributed by atoms with E-state index in [0.29, 0.717) is 16.3 Å². The number of anilines is 1. The molecule has 2 aromatic heterocycles. The van der Waals surface area contributed by atoms with Gasteiger partial charge in [0.15, 0.2) is 6.61 Å². The highest BCUT2D eigenvalue weighted by molar-refractivity contribution is 7.17. The number of methoxy groups -OCH3 is 1. The molecule has 3 aromatic rings. The minimum absolute atomic E-state index is 0.285. The number of fused-ring (bicyclic) bond motifs is 1. The van der Waals surface area contributed by atoms with Gasteiger partial charge in [0, 0.05) is 4.88 Å². The number of benzene rings is 1. The first-order valence-electron chi connectivity index (χ1n) is 10.1. The zero-order valence-electron chi connectivity index (χ0n) is 17.4. The molecule has 0 saturated carbocycles. The summed E-state index contributed by atoms with van der Waals surface area (Å²) in [5.41, 5.74) is 2.33. The molecule has 4 rings (SSSR count). The van der Waals surface area contributed by atoms with Crippen molar-refractivity contribution in [1.82, 2.24) is 20.2 Å². The Morgan fingerprint density at radius 3 is 2.59 bits per heavy atom. The zero-order valence-corrected chi connectivity index (χ0v) is 18.2. The Kier molecular flexibility index (Phi) is 6.55.